The standard InChI is InChI=1S/C28H50O3/c1-8-19-25(31)24-21-10-9-20(17(4)13-16(2)3)28(21,7)23(30)14-22(24)26(5)12-11-18(29)15-27(19,26)6/h16-25,29-31H,8-15H2,1-7H3/t17-,18-,19+,20-,21?,22?,23+,24?,25-,26-,27+,28-/m1/s1. The molecule has 0 bridgehead atoms. The Labute approximate surface area is 191 Å². The highest BCUT2D eigenvalue weighted by atomic mass is 16.3. The maximum absolute atomic E-state index is 11.9. The van der Waals surface area contributed by atoms with Crippen LogP contribution in [0.5, 0.6) is 0 Å². The summed E-state index contributed by atoms with van der Waals surface area (Å²) in [4.78, 5) is 0. The molecule has 3 heteroatoms. The number of hydrogen-bond acceptors (Lipinski definition) is 3. The van der Waals surface area contributed by atoms with Crippen molar-refractivity contribution < 1.29 is 15.3 Å². The van der Waals surface area contributed by atoms with Crippen LogP contribution in [0.4, 0.5) is 0 Å². The molecule has 0 heterocycles. The van der Waals surface area contributed by atoms with Crippen molar-refractivity contribution in [1.29, 1.82) is 0 Å². The number of aliphatic hydroxyl groups excluding tert-OH is 3. The lowest BCUT2D eigenvalue weighted by molar-refractivity contribution is -0.260. The van der Waals surface area contributed by atoms with Crippen molar-refractivity contribution in [3.8, 4) is 0 Å². The third kappa shape index (κ3) is 3.22. The highest BCUT2D eigenvalue weighted by Crippen LogP contribution is 2.72. The lowest BCUT2D eigenvalue weighted by atomic mass is 9.36. The van der Waals surface area contributed by atoms with Gasteiger partial charge in [0.1, 0.15) is 0 Å². The number of aliphatic hydroxyl groups is 3. The van der Waals surface area contributed by atoms with E-state index in [1.54, 1.807) is 0 Å². The Hall–Kier alpha value is -0.120. The van der Waals surface area contributed by atoms with Gasteiger partial charge in [-0.1, -0.05) is 54.9 Å². The average molecular weight is 435 g/mol. The molecule has 12 atom stereocenters. The third-order valence-electron chi connectivity index (χ3n) is 11.9. The lowest BCUT2D eigenvalue weighted by Crippen LogP contribution is -2.68. The van der Waals surface area contributed by atoms with Gasteiger partial charge in [0.05, 0.1) is 18.3 Å². The fourth-order valence-corrected chi connectivity index (χ4v) is 10.4. The van der Waals surface area contributed by atoms with Crippen molar-refractivity contribution in [2.75, 3.05) is 0 Å². The maximum Gasteiger partial charge on any atom is 0.0607 e. The Kier molecular flexibility index (Phi) is 6.18. The van der Waals surface area contributed by atoms with Gasteiger partial charge in [-0.25, -0.2) is 0 Å². The van der Waals surface area contributed by atoms with Crippen LogP contribution in [0.1, 0.15) is 99.8 Å². The van der Waals surface area contributed by atoms with E-state index in [-0.39, 0.29) is 40.5 Å². The fraction of sp³-hybridized carbons (Fsp3) is 1.00. The van der Waals surface area contributed by atoms with Gasteiger partial charge in [-0.15, -0.1) is 0 Å². The second-order valence-corrected chi connectivity index (χ2v) is 13.4. The highest BCUT2D eigenvalue weighted by molar-refractivity contribution is 5.18. The maximum atomic E-state index is 11.9. The van der Waals surface area contributed by atoms with Crippen LogP contribution in [0, 0.1) is 57.7 Å². The van der Waals surface area contributed by atoms with E-state index >= 15 is 0 Å². The minimum Gasteiger partial charge on any atom is -0.393 e. The molecule has 4 fully saturated rings. The van der Waals surface area contributed by atoms with Crippen LogP contribution in [0.15, 0.2) is 0 Å². The molecule has 3 N–H and O–H groups in total. The Balaban J connectivity index is 1.73. The first kappa shape index (κ1) is 24.0. The van der Waals surface area contributed by atoms with Gasteiger partial charge in [-0.05, 0) is 103 Å². The predicted molar refractivity (Wildman–Crippen MR) is 126 cm³/mol. The van der Waals surface area contributed by atoms with Crippen LogP contribution in [-0.2, 0) is 0 Å². The minimum absolute atomic E-state index is 0.0591. The monoisotopic (exact) mass is 434 g/mol. The number of fused-ring (bicyclic) bond motifs is 5. The Bertz CT molecular complexity index is 663. The molecule has 4 aliphatic carbocycles. The van der Waals surface area contributed by atoms with Crippen LogP contribution < -0.4 is 0 Å². The highest BCUT2D eigenvalue weighted by Gasteiger charge is 2.70. The SMILES string of the molecule is CC[C@H]1[C@@H](O)C2C3CC[C@H]([C@H](C)CC(C)C)[C@@]3(C)[C@@H](O)CC2[C@@]2(C)CC[C@@H](O)C[C@@]12C. The van der Waals surface area contributed by atoms with E-state index in [9.17, 15) is 15.3 Å². The van der Waals surface area contributed by atoms with Gasteiger partial charge >= 0.3 is 0 Å². The van der Waals surface area contributed by atoms with E-state index < -0.39 is 0 Å². The molecule has 0 aromatic rings. The van der Waals surface area contributed by atoms with Gasteiger partial charge < -0.3 is 15.3 Å². The first-order valence-electron chi connectivity index (χ1n) is 13.5. The fourth-order valence-electron chi connectivity index (χ4n) is 10.4. The first-order chi connectivity index (χ1) is 14.4. The molecule has 0 aromatic heterocycles. The molecule has 3 unspecified atom stereocenters. The summed E-state index contributed by atoms with van der Waals surface area (Å²) in [5, 5.41) is 34.3. The first-order valence-corrected chi connectivity index (χ1v) is 13.5. The van der Waals surface area contributed by atoms with E-state index in [0.717, 1.165) is 38.5 Å². The summed E-state index contributed by atoms with van der Waals surface area (Å²) >= 11 is 0. The van der Waals surface area contributed by atoms with Crippen LogP contribution in [-0.4, -0.2) is 33.6 Å². The number of hydrogen-bond donors (Lipinski definition) is 3. The zero-order chi connectivity index (χ0) is 22.9. The molecule has 4 rings (SSSR count). The van der Waals surface area contributed by atoms with Crippen molar-refractivity contribution in [1.82, 2.24) is 0 Å². The minimum atomic E-state index is -0.311. The van der Waals surface area contributed by atoms with E-state index in [1.165, 1.54) is 12.8 Å². The molecular formula is C28H50O3. The molecule has 0 spiro atoms. The van der Waals surface area contributed by atoms with E-state index in [0.29, 0.717) is 35.5 Å². The predicted octanol–water partition coefficient (Wildman–Crippen LogP) is 5.66. The summed E-state index contributed by atoms with van der Waals surface area (Å²) in [5.74, 6) is 3.16. The zero-order valence-electron chi connectivity index (χ0n) is 21.3. The van der Waals surface area contributed by atoms with Crippen LogP contribution in [0.3, 0.4) is 0 Å². The largest absolute Gasteiger partial charge is 0.393 e. The van der Waals surface area contributed by atoms with Gasteiger partial charge in [-0.3, -0.25) is 0 Å². The average Bonchev–Trinajstić information content (AvgIpc) is 3.03. The third-order valence-corrected chi connectivity index (χ3v) is 11.9. The molecule has 0 amide bonds. The van der Waals surface area contributed by atoms with E-state index in [1.807, 2.05) is 0 Å². The Morgan fingerprint density at radius 1 is 0.903 bits per heavy atom. The Morgan fingerprint density at radius 2 is 1.58 bits per heavy atom. The van der Waals surface area contributed by atoms with Crippen molar-refractivity contribution in [2.24, 2.45) is 57.7 Å². The molecule has 0 radical (unpaired) electrons. The summed E-state index contributed by atoms with van der Waals surface area (Å²) in [6.07, 6.45) is 7.25. The molecule has 4 saturated carbocycles. The van der Waals surface area contributed by atoms with Crippen molar-refractivity contribution in [3.05, 3.63) is 0 Å². The van der Waals surface area contributed by atoms with E-state index in [2.05, 4.69) is 48.5 Å². The molecule has 180 valence electrons. The normalized spacial score (nSPS) is 55.5. The van der Waals surface area contributed by atoms with Gasteiger partial charge in [0.15, 0.2) is 0 Å². The van der Waals surface area contributed by atoms with Crippen LogP contribution >= 0.6 is 0 Å². The van der Waals surface area contributed by atoms with Crippen LogP contribution in [0.25, 0.3) is 0 Å². The van der Waals surface area contributed by atoms with E-state index in [4.69, 9.17) is 0 Å². The molecule has 31 heavy (non-hydrogen) atoms. The topological polar surface area (TPSA) is 60.7 Å². The quantitative estimate of drug-likeness (QED) is 0.535. The second kappa shape index (κ2) is 7.98. The lowest BCUT2D eigenvalue weighted by Gasteiger charge is -2.69. The van der Waals surface area contributed by atoms with Gasteiger partial charge in [0, 0.05) is 0 Å². The molecule has 3 nitrogen and oxygen atoms in total. The summed E-state index contributed by atoms with van der Waals surface area (Å²) in [6, 6.07) is 0. The molecular weight excluding hydrogens is 384 g/mol. The zero-order valence-corrected chi connectivity index (χ0v) is 21.3. The van der Waals surface area contributed by atoms with Crippen molar-refractivity contribution in [2.45, 2.75) is 118 Å². The van der Waals surface area contributed by atoms with Gasteiger partial charge in [0.2, 0.25) is 0 Å². The summed E-state index contributed by atoms with van der Waals surface area (Å²) in [6.45, 7) is 16.5. The summed E-state index contributed by atoms with van der Waals surface area (Å²) in [7, 11) is 0. The summed E-state index contributed by atoms with van der Waals surface area (Å²) < 4.78 is 0. The van der Waals surface area contributed by atoms with Crippen molar-refractivity contribution in [3.63, 3.8) is 0 Å². The molecule has 4 aliphatic rings. The van der Waals surface area contributed by atoms with Crippen molar-refractivity contribution >= 4 is 0 Å². The second-order valence-electron chi connectivity index (χ2n) is 13.4. The summed E-state index contributed by atoms with van der Waals surface area (Å²) in [5.41, 5.74) is -0.0514. The molecule has 0 aliphatic heterocycles. The van der Waals surface area contributed by atoms with Gasteiger partial charge in [0.25, 0.3) is 0 Å². The number of rotatable bonds is 4. The Morgan fingerprint density at radius 3 is 2.19 bits per heavy atom. The molecule has 0 saturated heterocycles. The smallest absolute Gasteiger partial charge is 0.0607 e. The van der Waals surface area contributed by atoms with Gasteiger partial charge in [-0.2, -0.15) is 0 Å². The molecule has 0 aromatic carbocycles. The van der Waals surface area contributed by atoms with Crippen LogP contribution in [0.2, 0.25) is 0 Å².